The average Bonchev–Trinajstić information content (AvgIpc) is 3.07. The normalized spacial score (nSPS) is 14.2. The lowest BCUT2D eigenvalue weighted by molar-refractivity contribution is 0.212. The van der Waals surface area contributed by atoms with E-state index in [-0.39, 0.29) is 6.04 Å². The predicted molar refractivity (Wildman–Crippen MR) is 183 cm³/mol. The van der Waals surface area contributed by atoms with Gasteiger partial charge in [-0.05, 0) is 52.9 Å². The minimum Gasteiger partial charge on any atom is -0.393 e. The maximum absolute atomic E-state index is 9.98. The van der Waals surface area contributed by atoms with Crippen LogP contribution in [0, 0.1) is 18.3 Å². The zero-order chi connectivity index (χ0) is 31.3. The van der Waals surface area contributed by atoms with Gasteiger partial charge in [0.05, 0.1) is 18.0 Å². The molecule has 0 saturated carbocycles. The molecule has 1 aliphatic heterocycles. The third kappa shape index (κ3) is 6.59. The van der Waals surface area contributed by atoms with Crippen molar-refractivity contribution in [2.75, 3.05) is 42.1 Å². The summed E-state index contributed by atoms with van der Waals surface area (Å²) in [7, 11) is 0. The first-order chi connectivity index (χ1) is 21.9. The van der Waals surface area contributed by atoms with E-state index in [0.29, 0.717) is 27.4 Å². The summed E-state index contributed by atoms with van der Waals surface area (Å²) in [6, 6.07) is 34.8. The van der Waals surface area contributed by atoms with E-state index < -0.39 is 5.92 Å². The van der Waals surface area contributed by atoms with Crippen LogP contribution in [0.15, 0.2) is 103 Å². The van der Waals surface area contributed by atoms with Crippen molar-refractivity contribution < 1.29 is 0 Å². The highest BCUT2D eigenvalue weighted by atomic mass is 35.5. The Morgan fingerprint density at radius 3 is 2.04 bits per heavy atom. The molecule has 1 aromatic heterocycles. The van der Waals surface area contributed by atoms with Gasteiger partial charge in [0.2, 0.25) is 0 Å². The molecule has 1 fully saturated rings. The fraction of sp³-hybridized carbons (Fsp3) is 0.194. The van der Waals surface area contributed by atoms with E-state index in [1.165, 1.54) is 17.5 Å². The van der Waals surface area contributed by atoms with Crippen molar-refractivity contribution in [2.24, 2.45) is 0 Å². The van der Waals surface area contributed by atoms with Crippen molar-refractivity contribution in [3.05, 3.63) is 141 Å². The summed E-state index contributed by atoms with van der Waals surface area (Å²) in [5.41, 5.74) is 12.9. The summed E-state index contributed by atoms with van der Waals surface area (Å²) in [5.74, 6) is 0.686. The second kappa shape index (κ2) is 13.6. The van der Waals surface area contributed by atoms with Gasteiger partial charge in [0, 0.05) is 41.9 Å². The van der Waals surface area contributed by atoms with Crippen LogP contribution in [0.3, 0.4) is 0 Å². The molecule has 0 aliphatic carbocycles. The molecule has 0 bridgehead atoms. The molecule has 4 aromatic carbocycles. The van der Waals surface area contributed by atoms with Gasteiger partial charge >= 0.3 is 0 Å². The Labute approximate surface area is 273 Å². The van der Waals surface area contributed by atoms with E-state index in [4.69, 9.17) is 28.9 Å². The third-order valence-electron chi connectivity index (χ3n) is 8.31. The van der Waals surface area contributed by atoms with Crippen LogP contribution in [0.5, 0.6) is 0 Å². The molecule has 226 valence electrons. The number of aromatic nitrogens is 2. The molecule has 1 atom stereocenters. The van der Waals surface area contributed by atoms with Crippen molar-refractivity contribution in [1.82, 2.24) is 14.9 Å². The van der Waals surface area contributed by atoms with Gasteiger partial charge in [-0.15, -0.1) is 0 Å². The Morgan fingerprint density at radius 2 is 1.44 bits per heavy atom. The molecule has 6 rings (SSSR count). The van der Waals surface area contributed by atoms with E-state index in [1.807, 2.05) is 31.2 Å². The number of anilines is 4. The SMILES string of the molecule is Cc1cc(C(C#N)c2ccc(Cl)cc2)c(Cl)cc1Nc1ncnc(N2CCN(C(c3ccccc3)c3ccccc3)CC2)c1N. The molecule has 1 unspecified atom stereocenters. The lowest BCUT2D eigenvalue weighted by Crippen LogP contribution is -2.48. The lowest BCUT2D eigenvalue weighted by atomic mass is 9.91. The Morgan fingerprint density at radius 1 is 0.822 bits per heavy atom. The highest BCUT2D eigenvalue weighted by molar-refractivity contribution is 6.32. The number of aryl methyl sites for hydroxylation is 1. The van der Waals surface area contributed by atoms with Gasteiger partial charge in [-0.1, -0.05) is 102 Å². The number of hydrogen-bond acceptors (Lipinski definition) is 7. The molecule has 9 heteroatoms. The van der Waals surface area contributed by atoms with Gasteiger partial charge in [-0.2, -0.15) is 5.26 Å². The Bertz CT molecular complexity index is 1760. The van der Waals surface area contributed by atoms with E-state index in [9.17, 15) is 5.26 Å². The number of benzene rings is 4. The van der Waals surface area contributed by atoms with Crippen molar-refractivity contribution >= 4 is 46.2 Å². The predicted octanol–water partition coefficient (Wildman–Crippen LogP) is 7.98. The molecule has 2 heterocycles. The second-order valence-electron chi connectivity index (χ2n) is 11.1. The minimum atomic E-state index is -0.528. The second-order valence-corrected chi connectivity index (χ2v) is 12.0. The number of nitrogens with two attached hydrogens (primary N) is 1. The molecule has 0 spiro atoms. The maximum atomic E-state index is 9.98. The minimum absolute atomic E-state index is 0.172. The number of nitrogen functional groups attached to an aromatic ring is 1. The van der Waals surface area contributed by atoms with Gasteiger partial charge in [0.15, 0.2) is 11.6 Å². The van der Waals surface area contributed by atoms with Gasteiger partial charge in [-0.25, -0.2) is 9.97 Å². The summed E-state index contributed by atoms with van der Waals surface area (Å²) < 4.78 is 0. The van der Waals surface area contributed by atoms with Crippen molar-refractivity contribution in [2.45, 2.75) is 18.9 Å². The zero-order valence-electron chi connectivity index (χ0n) is 24.9. The van der Waals surface area contributed by atoms with Crippen LogP contribution in [0.1, 0.15) is 39.8 Å². The zero-order valence-corrected chi connectivity index (χ0v) is 26.4. The van der Waals surface area contributed by atoms with Crippen LogP contribution in [-0.2, 0) is 0 Å². The third-order valence-corrected chi connectivity index (χ3v) is 8.89. The fourth-order valence-corrected chi connectivity index (χ4v) is 6.38. The molecule has 5 aromatic rings. The average molecular weight is 635 g/mol. The van der Waals surface area contributed by atoms with Crippen LogP contribution in [0.4, 0.5) is 23.0 Å². The molecular formula is C36H33Cl2N7. The number of piperazine rings is 1. The van der Waals surface area contributed by atoms with Crippen molar-refractivity contribution in [3.8, 4) is 6.07 Å². The summed E-state index contributed by atoms with van der Waals surface area (Å²) >= 11 is 12.8. The van der Waals surface area contributed by atoms with Crippen LogP contribution in [0.25, 0.3) is 0 Å². The Balaban J connectivity index is 1.19. The standard InChI is InChI=1S/C36H33Cl2N7/c1-24-20-29(30(22-39)25-12-14-28(37)15-13-25)31(38)21-32(24)43-35-33(40)36(42-23-41-35)45-18-16-44(17-19-45)34(26-8-4-2-5-9-26)27-10-6-3-7-11-27/h2-15,20-21,23,30,34H,16-19,40H2,1H3,(H,41,42,43). The van der Waals surface area contributed by atoms with Gasteiger partial charge < -0.3 is 16.0 Å². The number of rotatable bonds is 8. The summed E-state index contributed by atoms with van der Waals surface area (Å²) in [5, 5.41) is 14.4. The van der Waals surface area contributed by atoms with Crippen LogP contribution in [-0.4, -0.2) is 41.0 Å². The Hall–Kier alpha value is -4.61. The van der Waals surface area contributed by atoms with Gasteiger partial charge in [0.25, 0.3) is 0 Å². The van der Waals surface area contributed by atoms with Crippen LogP contribution in [0.2, 0.25) is 10.0 Å². The molecule has 7 nitrogen and oxygen atoms in total. The molecule has 0 amide bonds. The first-order valence-electron chi connectivity index (χ1n) is 14.8. The molecule has 1 aliphatic rings. The first kappa shape index (κ1) is 30.4. The number of nitriles is 1. The van der Waals surface area contributed by atoms with E-state index in [2.05, 4.69) is 91.8 Å². The number of hydrogen-bond donors (Lipinski definition) is 2. The Kier molecular flexibility index (Phi) is 9.18. The van der Waals surface area contributed by atoms with Crippen molar-refractivity contribution in [3.63, 3.8) is 0 Å². The fourth-order valence-electron chi connectivity index (χ4n) is 5.98. The van der Waals surface area contributed by atoms with E-state index in [1.54, 1.807) is 12.1 Å². The van der Waals surface area contributed by atoms with Gasteiger partial charge in [0.1, 0.15) is 12.0 Å². The largest absolute Gasteiger partial charge is 0.393 e. The van der Waals surface area contributed by atoms with Crippen molar-refractivity contribution in [1.29, 1.82) is 5.26 Å². The van der Waals surface area contributed by atoms with E-state index >= 15 is 0 Å². The molecule has 0 radical (unpaired) electrons. The summed E-state index contributed by atoms with van der Waals surface area (Å²) in [6.07, 6.45) is 1.54. The quantitative estimate of drug-likeness (QED) is 0.179. The first-order valence-corrected chi connectivity index (χ1v) is 15.6. The number of nitrogens with zero attached hydrogens (tertiary/aromatic N) is 5. The monoisotopic (exact) mass is 633 g/mol. The molecule has 45 heavy (non-hydrogen) atoms. The lowest BCUT2D eigenvalue weighted by Gasteiger charge is -2.40. The highest BCUT2D eigenvalue weighted by Gasteiger charge is 2.28. The van der Waals surface area contributed by atoms with E-state index in [0.717, 1.165) is 48.6 Å². The molecule has 3 N–H and O–H groups in total. The number of halogens is 2. The topological polar surface area (TPSA) is 94.1 Å². The number of nitrogens with one attached hydrogen (secondary N) is 1. The summed E-state index contributed by atoms with van der Waals surface area (Å²) in [6.45, 7) is 5.22. The highest BCUT2D eigenvalue weighted by Crippen LogP contribution is 2.37. The van der Waals surface area contributed by atoms with Crippen LogP contribution < -0.4 is 16.0 Å². The molecule has 1 saturated heterocycles. The smallest absolute Gasteiger partial charge is 0.159 e. The molecular weight excluding hydrogens is 601 g/mol. The maximum Gasteiger partial charge on any atom is 0.159 e. The van der Waals surface area contributed by atoms with Gasteiger partial charge in [-0.3, -0.25) is 4.90 Å². The summed E-state index contributed by atoms with van der Waals surface area (Å²) in [4.78, 5) is 13.8. The van der Waals surface area contributed by atoms with Crippen LogP contribution >= 0.6 is 23.2 Å².